The van der Waals surface area contributed by atoms with Gasteiger partial charge in [0.05, 0.1) is 0 Å². The molecule has 25 heavy (non-hydrogen) atoms. The number of halogens is 3. The van der Waals surface area contributed by atoms with Crippen LogP contribution in [-0.2, 0) is 12.7 Å². The monoisotopic (exact) mass is 347 g/mol. The van der Waals surface area contributed by atoms with E-state index < -0.39 is 12.1 Å². The van der Waals surface area contributed by atoms with E-state index in [2.05, 4.69) is 20.0 Å². The van der Waals surface area contributed by atoms with Crippen molar-refractivity contribution >= 4 is 5.91 Å². The van der Waals surface area contributed by atoms with Gasteiger partial charge in [-0.05, 0) is 17.7 Å². The second-order valence-electron chi connectivity index (χ2n) is 5.17. The van der Waals surface area contributed by atoms with Crippen LogP contribution in [0.4, 0.5) is 13.2 Å². The van der Waals surface area contributed by atoms with E-state index in [4.69, 9.17) is 0 Å². The summed E-state index contributed by atoms with van der Waals surface area (Å²) in [6, 6.07) is 15.3. The lowest BCUT2D eigenvalue weighted by Crippen LogP contribution is -2.22. The van der Waals surface area contributed by atoms with Gasteiger partial charge in [-0.25, -0.2) is 0 Å². The summed E-state index contributed by atoms with van der Waals surface area (Å²) in [6.07, 6.45) is -4.71. The van der Waals surface area contributed by atoms with E-state index in [1.165, 1.54) is 18.2 Å². The van der Waals surface area contributed by atoms with Gasteiger partial charge in [-0.3, -0.25) is 4.79 Å². The smallest absolute Gasteiger partial charge is 0.348 e. The normalized spacial score (nSPS) is 11.3. The molecule has 0 atom stereocenters. The Kier molecular flexibility index (Phi) is 4.51. The Morgan fingerprint density at radius 3 is 2.52 bits per heavy atom. The maximum Gasteiger partial charge on any atom is 0.471 e. The lowest BCUT2D eigenvalue weighted by atomic mass is 10.1. The predicted molar refractivity (Wildman–Crippen MR) is 82.3 cm³/mol. The van der Waals surface area contributed by atoms with Crippen molar-refractivity contribution in [3.05, 3.63) is 71.6 Å². The van der Waals surface area contributed by atoms with Crippen molar-refractivity contribution in [1.82, 2.24) is 15.5 Å². The number of amides is 1. The van der Waals surface area contributed by atoms with Crippen LogP contribution >= 0.6 is 0 Å². The molecule has 0 fully saturated rings. The third-order valence-electron chi connectivity index (χ3n) is 3.35. The number of hydrogen-bond acceptors (Lipinski definition) is 4. The standard InChI is InChI=1S/C17H12F3N3O2/c18-17(19,20)16-22-14(23-25-16)12-7-4-8-13(9-12)15(24)21-10-11-5-2-1-3-6-11/h1-9H,10H2,(H,21,24). The van der Waals surface area contributed by atoms with E-state index >= 15 is 0 Å². The largest absolute Gasteiger partial charge is 0.471 e. The summed E-state index contributed by atoms with van der Waals surface area (Å²) in [5.41, 5.74) is 1.47. The molecule has 0 spiro atoms. The number of nitrogens with one attached hydrogen (secondary N) is 1. The molecule has 3 rings (SSSR count). The molecule has 0 saturated heterocycles. The molecule has 0 aliphatic heterocycles. The first-order chi connectivity index (χ1) is 11.9. The van der Waals surface area contributed by atoms with Crippen molar-refractivity contribution in [2.24, 2.45) is 0 Å². The molecule has 0 aliphatic rings. The minimum atomic E-state index is -4.71. The first-order valence-electron chi connectivity index (χ1n) is 7.27. The Labute approximate surface area is 140 Å². The third kappa shape index (κ3) is 4.03. The molecule has 0 bridgehead atoms. The van der Waals surface area contributed by atoms with Gasteiger partial charge in [0, 0.05) is 17.7 Å². The summed E-state index contributed by atoms with van der Waals surface area (Å²) >= 11 is 0. The molecular formula is C17H12F3N3O2. The average Bonchev–Trinajstić information content (AvgIpc) is 3.11. The highest BCUT2D eigenvalue weighted by Gasteiger charge is 2.38. The number of benzene rings is 2. The topological polar surface area (TPSA) is 68.0 Å². The zero-order valence-corrected chi connectivity index (χ0v) is 12.7. The summed E-state index contributed by atoms with van der Waals surface area (Å²) < 4.78 is 41.8. The fourth-order valence-electron chi connectivity index (χ4n) is 2.14. The predicted octanol–water partition coefficient (Wildman–Crippen LogP) is 3.69. The molecule has 128 valence electrons. The zero-order chi connectivity index (χ0) is 17.9. The molecule has 0 aliphatic carbocycles. The Balaban J connectivity index is 1.75. The van der Waals surface area contributed by atoms with E-state index in [0.29, 0.717) is 6.54 Å². The summed E-state index contributed by atoms with van der Waals surface area (Å²) in [7, 11) is 0. The molecule has 0 radical (unpaired) electrons. The zero-order valence-electron chi connectivity index (χ0n) is 12.7. The second-order valence-corrected chi connectivity index (χ2v) is 5.17. The highest BCUT2D eigenvalue weighted by Crippen LogP contribution is 2.29. The molecule has 1 aromatic heterocycles. The molecule has 0 saturated carbocycles. The highest BCUT2D eigenvalue weighted by atomic mass is 19.4. The van der Waals surface area contributed by atoms with Gasteiger partial charge in [0.15, 0.2) is 0 Å². The minimum Gasteiger partial charge on any atom is -0.348 e. The van der Waals surface area contributed by atoms with Crippen molar-refractivity contribution < 1.29 is 22.5 Å². The van der Waals surface area contributed by atoms with Gasteiger partial charge in [-0.1, -0.05) is 47.6 Å². The molecule has 1 heterocycles. The minimum absolute atomic E-state index is 0.231. The van der Waals surface area contributed by atoms with Crippen molar-refractivity contribution in [1.29, 1.82) is 0 Å². The van der Waals surface area contributed by atoms with Crippen LogP contribution in [0.1, 0.15) is 21.8 Å². The van der Waals surface area contributed by atoms with E-state index in [9.17, 15) is 18.0 Å². The van der Waals surface area contributed by atoms with E-state index in [-0.39, 0.29) is 22.9 Å². The van der Waals surface area contributed by atoms with E-state index in [0.717, 1.165) is 5.56 Å². The lowest BCUT2D eigenvalue weighted by Gasteiger charge is -2.06. The van der Waals surface area contributed by atoms with Gasteiger partial charge in [0.1, 0.15) is 0 Å². The van der Waals surface area contributed by atoms with Crippen LogP contribution in [0.15, 0.2) is 59.1 Å². The number of aromatic nitrogens is 2. The molecule has 8 heteroatoms. The lowest BCUT2D eigenvalue weighted by molar-refractivity contribution is -0.159. The van der Waals surface area contributed by atoms with Crippen LogP contribution in [-0.4, -0.2) is 16.0 Å². The molecule has 1 N–H and O–H groups in total. The van der Waals surface area contributed by atoms with Crippen molar-refractivity contribution in [3.63, 3.8) is 0 Å². The second kappa shape index (κ2) is 6.76. The van der Waals surface area contributed by atoms with E-state index in [1.807, 2.05) is 30.3 Å². The molecule has 1 amide bonds. The van der Waals surface area contributed by atoms with Crippen LogP contribution in [0, 0.1) is 0 Å². The molecule has 3 aromatic rings. The Bertz CT molecular complexity index is 876. The SMILES string of the molecule is O=C(NCc1ccccc1)c1cccc(-c2noc(C(F)(F)F)n2)c1. The molecular weight excluding hydrogens is 335 g/mol. The molecule has 2 aromatic carbocycles. The van der Waals surface area contributed by atoms with Crippen molar-refractivity contribution in [2.75, 3.05) is 0 Å². The summed E-state index contributed by atoms with van der Waals surface area (Å²) in [4.78, 5) is 15.5. The van der Waals surface area contributed by atoms with Gasteiger partial charge in [0.25, 0.3) is 5.91 Å². The third-order valence-corrected chi connectivity index (χ3v) is 3.35. The quantitative estimate of drug-likeness (QED) is 0.782. The van der Waals surface area contributed by atoms with Crippen LogP contribution in [0.3, 0.4) is 0 Å². The van der Waals surface area contributed by atoms with Gasteiger partial charge >= 0.3 is 12.1 Å². The van der Waals surface area contributed by atoms with Crippen molar-refractivity contribution in [3.8, 4) is 11.4 Å². The Morgan fingerprint density at radius 2 is 1.84 bits per heavy atom. The maximum absolute atomic E-state index is 12.5. The Morgan fingerprint density at radius 1 is 1.08 bits per heavy atom. The number of hydrogen-bond donors (Lipinski definition) is 1. The van der Waals surface area contributed by atoms with E-state index in [1.54, 1.807) is 6.07 Å². The first kappa shape index (κ1) is 16.7. The fourth-order valence-corrected chi connectivity index (χ4v) is 2.14. The van der Waals surface area contributed by atoms with Gasteiger partial charge < -0.3 is 9.84 Å². The van der Waals surface area contributed by atoms with Crippen LogP contribution in [0.25, 0.3) is 11.4 Å². The Hall–Kier alpha value is -3.16. The number of nitrogens with zero attached hydrogens (tertiary/aromatic N) is 2. The summed E-state index contributed by atoms with van der Waals surface area (Å²) in [6.45, 7) is 0.338. The number of rotatable bonds is 4. The number of carbonyl (C=O) groups excluding carboxylic acids is 1. The number of carbonyl (C=O) groups is 1. The number of alkyl halides is 3. The van der Waals surface area contributed by atoms with Crippen LogP contribution in [0.2, 0.25) is 0 Å². The highest BCUT2D eigenvalue weighted by molar-refractivity contribution is 5.95. The van der Waals surface area contributed by atoms with Crippen LogP contribution < -0.4 is 5.32 Å². The van der Waals surface area contributed by atoms with Gasteiger partial charge in [-0.15, -0.1) is 0 Å². The molecule has 0 unspecified atom stereocenters. The van der Waals surface area contributed by atoms with Gasteiger partial charge in [0.2, 0.25) is 5.82 Å². The van der Waals surface area contributed by atoms with Crippen LogP contribution in [0.5, 0.6) is 0 Å². The maximum atomic E-state index is 12.5. The summed E-state index contributed by atoms with van der Waals surface area (Å²) in [5, 5.41) is 6.05. The first-order valence-corrected chi connectivity index (χ1v) is 7.27. The van der Waals surface area contributed by atoms with Gasteiger partial charge in [-0.2, -0.15) is 18.2 Å². The summed E-state index contributed by atoms with van der Waals surface area (Å²) in [5.74, 6) is -2.02. The average molecular weight is 347 g/mol. The molecule has 5 nitrogen and oxygen atoms in total. The fraction of sp³-hybridized carbons (Fsp3) is 0.118. The van der Waals surface area contributed by atoms with Crippen molar-refractivity contribution in [2.45, 2.75) is 12.7 Å².